The largest absolute Gasteiger partial charge is 0.332 e. The Hall–Kier alpha value is -2.08. The topological polar surface area (TPSA) is 49.4 Å². The van der Waals surface area contributed by atoms with Crippen molar-refractivity contribution in [1.82, 2.24) is 4.90 Å². The number of amides is 2. The first kappa shape index (κ1) is 19.7. The molecule has 3 rings (SSSR count). The lowest BCUT2D eigenvalue weighted by Gasteiger charge is -2.17. The quantitative estimate of drug-likeness (QED) is 0.602. The third-order valence-electron chi connectivity index (χ3n) is 4.39. The Balaban J connectivity index is 1.75. The fourth-order valence-electron chi connectivity index (χ4n) is 2.71. The van der Waals surface area contributed by atoms with Crippen LogP contribution in [0.15, 0.2) is 36.4 Å². The molecule has 2 amide bonds. The minimum atomic E-state index is -0.298. The molecule has 0 saturated heterocycles. The molecule has 0 radical (unpaired) electrons. The molecule has 3 aromatic rings. The Morgan fingerprint density at radius 2 is 1.89 bits per heavy atom. The molecule has 0 saturated carbocycles. The summed E-state index contributed by atoms with van der Waals surface area (Å²) >= 11 is 13.7. The summed E-state index contributed by atoms with van der Waals surface area (Å²) in [4.78, 5) is 26.9. The third-order valence-corrected chi connectivity index (χ3v) is 6.27. The van der Waals surface area contributed by atoms with Gasteiger partial charge in [0.15, 0.2) is 0 Å². The number of carbonyl (C=O) groups excluding carboxylic acids is 2. The van der Waals surface area contributed by atoms with Gasteiger partial charge in [0.2, 0.25) is 5.91 Å². The zero-order chi connectivity index (χ0) is 19.7. The smallest absolute Gasteiger partial charge is 0.265 e. The number of hydrogen-bond donors (Lipinski definition) is 1. The SMILES string of the molecule is Cc1cccc(NC(=O)CN(C)C(=O)c2sc3cc(Cl)ccc3c2Cl)c1C. The molecule has 7 heteroatoms. The number of aryl methyl sites for hydroxylation is 1. The van der Waals surface area contributed by atoms with Gasteiger partial charge < -0.3 is 10.2 Å². The Morgan fingerprint density at radius 1 is 1.15 bits per heavy atom. The second-order valence-corrected chi connectivity index (χ2v) is 8.21. The van der Waals surface area contributed by atoms with E-state index in [0.717, 1.165) is 26.9 Å². The van der Waals surface area contributed by atoms with Crippen LogP contribution in [-0.4, -0.2) is 30.3 Å². The van der Waals surface area contributed by atoms with E-state index in [1.807, 2.05) is 32.0 Å². The number of rotatable bonds is 4. The fraction of sp³-hybridized carbons (Fsp3) is 0.200. The van der Waals surface area contributed by atoms with Crippen molar-refractivity contribution in [2.24, 2.45) is 0 Å². The predicted octanol–water partition coefficient (Wildman–Crippen LogP) is 5.54. The van der Waals surface area contributed by atoms with Crippen molar-refractivity contribution in [3.63, 3.8) is 0 Å². The van der Waals surface area contributed by atoms with Crippen LogP contribution >= 0.6 is 34.5 Å². The first-order valence-corrected chi connectivity index (χ1v) is 9.84. The minimum absolute atomic E-state index is 0.0719. The van der Waals surface area contributed by atoms with E-state index in [0.29, 0.717) is 14.9 Å². The van der Waals surface area contributed by atoms with Crippen LogP contribution in [0.1, 0.15) is 20.8 Å². The average molecular weight is 421 g/mol. The van der Waals surface area contributed by atoms with E-state index in [-0.39, 0.29) is 18.4 Å². The van der Waals surface area contributed by atoms with Crippen molar-refractivity contribution in [1.29, 1.82) is 0 Å². The number of nitrogens with zero attached hydrogens (tertiary/aromatic N) is 1. The van der Waals surface area contributed by atoms with Crippen LogP contribution in [0, 0.1) is 13.8 Å². The second-order valence-electron chi connectivity index (χ2n) is 6.34. The molecule has 27 heavy (non-hydrogen) atoms. The molecule has 1 heterocycles. The predicted molar refractivity (Wildman–Crippen MR) is 113 cm³/mol. The van der Waals surface area contributed by atoms with E-state index in [2.05, 4.69) is 5.32 Å². The molecule has 0 unspecified atom stereocenters. The Labute approximate surface area is 171 Å². The van der Waals surface area contributed by atoms with Crippen LogP contribution < -0.4 is 5.32 Å². The molecule has 0 atom stereocenters. The molecule has 2 aromatic carbocycles. The number of fused-ring (bicyclic) bond motifs is 1. The van der Waals surface area contributed by atoms with Crippen LogP contribution in [0.4, 0.5) is 5.69 Å². The van der Waals surface area contributed by atoms with Crippen LogP contribution in [0.5, 0.6) is 0 Å². The van der Waals surface area contributed by atoms with Crippen molar-refractivity contribution >= 4 is 62.1 Å². The van der Waals surface area contributed by atoms with Gasteiger partial charge in [-0.05, 0) is 43.2 Å². The first-order chi connectivity index (χ1) is 12.8. The molecule has 0 spiro atoms. The van der Waals surface area contributed by atoms with Crippen molar-refractivity contribution in [3.05, 3.63) is 62.4 Å². The summed E-state index contributed by atoms with van der Waals surface area (Å²) in [5.74, 6) is -0.562. The normalized spacial score (nSPS) is 10.9. The third kappa shape index (κ3) is 4.10. The van der Waals surface area contributed by atoms with Gasteiger partial charge in [0.1, 0.15) is 4.88 Å². The number of anilines is 1. The number of nitrogens with one attached hydrogen (secondary N) is 1. The monoisotopic (exact) mass is 420 g/mol. The molecule has 1 N–H and O–H groups in total. The van der Waals surface area contributed by atoms with E-state index in [9.17, 15) is 9.59 Å². The van der Waals surface area contributed by atoms with Gasteiger partial charge in [0.05, 0.1) is 11.6 Å². The highest BCUT2D eigenvalue weighted by molar-refractivity contribution is 7.21. The van der Waals surface area contributed by atoms with E-state index in [1.54, 1.807) is 25.2 Å². The lowest BCUT2D eigenvalue weighted by molar-refractivity contribution is -0.116. The van der Waals surface area contributed by atoms with Crippen LogP contribution in [0.2, 0.25) is 10.0 Å². The van der Waals surface area contributed by atoms with Crippen LogP contribution in [0.3, 0.4) is 0 Å². The van der Waals surface area contributed by atoms with Gasteiger partial charge in [-0.3, -0.25) is 9.59 Å². The van der Waals surface area contributed by atoms with Gasteiger partial charge in [-0.15, -0.1) is 11.3 Å². The number of carbonyl (C=O) groups is 2. The maximum absolute atomic E-state index is 12.8. The average Bonchev–Trinajstić information content (AvgIpc) is 2.94. The summed E-state index contributed by atoms with van der Waals surface area (Å²) in [5.41, 5.74) is 2.84. The van der Waals surface area contributed by atoms with E-state index >= 15 is 0 Å². The lowest BCUT2D eigenvalue weighted by atomic mass is 10.1. The maximum atomic E-state index is 12.8. The lowest BCUT2D eigenvalue weighted by Crippen LogP contribution is -2.34. The molecule has 140 valence electrons. The molecule has 0 aliphatic heterocycles. The maximum Gasteiger partial charge on any atom is 0.265 e. The highest BCUT2D eigenvalue weighted by atomic mass is 35.5. The molecule has 0 aliphatic rings. The van der Waals surface area contributed by atoms with E-state index < -0.39 is 0 Å². The molecule has 4 nitrogen and oxygen atoms in total. The van der Waals surface area contributed by atoms with Crippen molar-refractivity contribution < 1.29 is 9.59 Å². The summed E-state index contributed by atoms with van der Waals surface area (Å²) < 4.78 is 0.837. The van der Waals surface area contributed by atoms with Gasteiger partial charge in [-0.2, -0.15) is 0 Å². The van der Waals surface area contributed by atoms with Crippen LogP contribution in [-0.2, 0) is 4.79 Å². The molecule has 0 aliphatic carbocycles. The molecule has 0 bridgehead atoms. The van der Waals surface area contributed by atoms with Gasteiger partial charge >= 0.3 is 0 Å². The van der Waals surface area contributed by atoms with Gasteiger partial charge in [-0.25, -0.2) is 0 Å². The van der Waals surface area contributed by atoms with Crippen molar-refractivity contribution in [2.75, 3.05) is 18.9 Å². The summed E-state index contributed by atoms with van der Waals surface area (Å²) in [6, 6.07) is 11.0. The standard InChI is InChI=1S/C20H18Cl2N2O2S/c1-11-5-4-6-15(12(11)2)23-17(25)10-24(3)20(26)19-18(22)14-8-7-13(21)9-16(14)27-19/h4-9H,10H2,1-3H3,(H,23,25). The number of benzene rings is 2. The van der Waals surface area contributed by atoms with Crippen molar-refractivity contribution in [3.8, 4) is 0 Å². The van der Waals surface area contributed by atoms with Gasteiger partial charge in [0.25, 0.3) is 5.91 Å². The number of thiophene rings is 1. The van der Waals surface area contributed by atoms with Crippen molar-refractivity contribution in [2.45, 2.75) is 13.8 Å². The molecule has 0 fully saturated rings. The van der Waals surface area contributed by atoms with Crippen LogP contribution in [0.25, 0.3) is 10.1 Å². The van der Waals surface area contributed by atoms with Gasteiger partial charge in [-0.1, -0.05) is 41.4 Å². The zero-order valence-electron chi connectivity index (χ0n) is 15.1. The summed E-state index contributed by atoms with van der Waals surface area (Å²) in [6.45, 7) is 3.86. The number of hydrogen-bond acceptors (Lipinski definition) is 3. The van der Waals surface area contributed by atoms with E-state index in [4.69, 9.17) is 23.2 Å². The van der Waals surface area contributed by atoms with E-state index in [1.165, 1.54) is 16.2 Å². The summed E-state index contributed by atoms with van der Waals surface area (Å²) in [5, 5.41) is 4.61. The molecular formula is C20H18Cl2N2O2S. The highest BCUT2D eigenvalue weighted by Gasteiger charge is 2.22. The first-order valence-electron chi connectivity index (χ1n) is 8.27. The Morgan fingerprint density at radius 3 is 2.63 bits per heavy atom. The Kier molecular flexibility index (Phi) is 5.75. The number of likely N-dealkylation sites (N-methyl/N-ethyl adjacent to an activating group) is 1. The second kappa shape index (κ2) is 7.89. The zero-order valence-corrected chi connectivity index (χ0v) is 17.4. The Bertz CT molecular complexity index is 1050. The van der Waals surface area contributed by atoms with Gasteiger partial charge in [0, 0.05) is 27.8 Å². The fourth-order valence-corrected chi connectivity index (χ4v) is 4.50. The molecule has 1 aromatic heterocycles. The summed E-state index contributed by atoms with van der Waals surface area (Å²) in [7, 11) is 1.58. The highest BCUT2D eigenvalue weighted by Crippen LogP contribution is 2.37. The minimum Gasteiger partial charge on any atom is -0.332 e. The molecular weight excluding hydrogens is 403 g/mol. The summed E-state index contributed by atoms with van der Waals surface area (Å²) in [6.07, 6.45) is 0. The number of halogens is 2.